The van der Waals surface area contributed by atoms with Gasteiger partial charge in [0.05, 0.1) is 5.52 Å². The summed E-state index contributed by atoms with van der Waals surface area (Å²) in [7, 11) is 0. The molecule has 0 saturated carbocycles. The maximum atomic E-state index is 12.3. The highest BCUT2D eigenvalue weighted by Crippen LogP contribution is 2.21. The topological polar surface area (TPSA) is 74.4 Å². The first-order valence-electron chi connectivity index (χ1n) is 7.74. The lowest BCUT2D eigenvalue weighted by atomic mass is 10.1. The Labute approximate surface area is 138 Å². The normalized spacial score (nSPS) is 11.3. The van der Waals surface area contributed by atoms with E-state index in [0.29, 0.717) is 5.75 Å². The number of thioether (sulfide) groups is 1. The quantitative estimate of drug-likeness (QED) is 0.703. The number of aryl methyl sites for hydroxylation is 3. The van der Waals surface area contributed by atoms with Crippen LogP contribution in [-0.2, 0) is 12.2 Å². The van der Waals surface area contributed by atoms with E-state index in [-0.39, 0.29) is 5.43 Å². The number of nitrogens with zero attached hydrogens (tertiary/aromatic N) is 2. The lowest BCUT2D eigenvalue weighted by molar-refractivity contribution is 0.840. The van der Waals surface area contributed by atoms with E-state index in [1.54, 1.807) is 6.07 Å². The van der Waals surface area contributed by atoms with Crippen molar-refractivity contribution < 1.29 is 0 Å². The van der Waals surface area contributed by atoms with Gasteiger partial charge >= 0.3 is 0 Å². The average molecular weight is 328 g/mol. The largest absolute Gasteiger partial charge is 0.357 e. The van der Waals surface area contributed by atoms with Gasteiger partial charge in [0.25, 0.3) is 0 Å². The van der Waals surface area contributed by atoms with Crippen LogP contribution in [0.15, 0.2) is 28.2 Å². The number of hydrogen-bond acceptors (Lipinski definition) is 4. The molecule has 0 radical (unpaired) electrons. The monoisotopic (exact) mass is 328 g/mol. The van der Waals surface area contributed by atoms with Gasteiger partial charge in [-0.25, -0.2) is 4.98 Å². The van der Waals surface area contributed by atoms with Crippen LogP contribution in [0.25, 0.3) is 10.9 Å². The summed E-state index contributed by atoms with van der Waals surface area (Å²) in [6, 6.07) is 5.69. The first-order chi connectivity index (χ1) is 11.1. The molecule has 0 aliphatic heterocycles. The predicted octanol–water partition coefficient (Wildman–Crippen LogP) is 3.51. The standard InChI is InChI=1S/C17H20N4OS/c1-4-5-15-19-17(21-20-15)23-9-12-8-14(22)13-7-10(2)6-11(3)16(13)18-12/h6-8H,4-5,9H2,1-3H3,(H,18,22)(H,19,20,21). The van der Waals surface area contributed by atoms with Crippen molar-refractivity contribution in [1.82, 2.24) is 20.2 Å². The summed E-state index contributed by atoms with van der Waals surface area (Å²) >= 11 is 1.52. The molecule has 0 atom stereocenters. The van der Waals surface area contributed by atoms with Crippen molar-refractivity contribution in [2.45, 2.75) is 44.5 Å². The SMILES string of the molecule is CCCc1nc(SCc2cc(=O)c3cc(C)cc(C)c3[nH]2)n[nH]1. The molecule has 2 aromatic heterocycles. The van der Waals surface area contributed by atoms with E-state index >= 15 is 0 Å². The zero-order valence-corrected chi connectivity index (χ0v) is 14.4. The molecule has 3 aromatic rings. The Morgan fingerprint density at radius 3 is 2.83 bits per heavy atom. The Balaban J connectivity index is 1.84. The molecule has 23 heavy (non-hydrogen) atoms. The van der Waals surface area contributed by atoms with E-state index in [1.165, 1.54) is 11.8 Å². The third-order valence-electron chi connectivity index (χ3n) is 3.69. The van der Waals surface area contributed by atoms with Gasteiger partial charge in [-0.15, -0.1) is 5.10 Å². The molecule has 6 heteroatoms. The Bertz CT molecular complexity index is 897. The van der Waals surface area contributed by atoms with Gasteiger partial charge in [-0.1, -0.05) is 24.8 Å². The maximum Gasteiger partial charge on any atom is 0.208 e. The zero-order chi connectivity index (χ0) is 16.4. The molecule has 2 N–H and O–H groups in total. The van der Waals surface area contributed by atoms with Crippen molar-refractivity contribution in [3.8, 4) is 0 Å². The van der Waals surface area contributed by atoms with Crippen molar-refractivity contribution in [2.24, 2.45) is 0 Å². The number of H-pyrrole nitrogens is 2. The summed E-state index contributed by atoms with van der Waals surface area (Å²) in [6.07, 6.45) is 1.94. The number of hydrogen-bond donors (Lipinski definition) is 2. The fraction of sp³-hybridized carbons (Fsp3) is 0.353. The van der Waals surface area contributed by atoms with Gasteiger partial charge in [0.2, 0.25) is 5.16 Å². The number of nitrogens with one attached hydrogen (secondary N) is 2. The van der Waals surface area contributed by atoms with E-state index in [0.717, 1.165) is 51.5 Å². The van der Waals surface area contributed by atoms with E-state index in [9.17, 15) is 4.79 Å². The third kappa shape index (κ3) is 3.47. The molecule has 0 aliphatic carbocycles. The van der Waals surface area contributed by atoms with Crippen molar-refractivity contribution in [2.75, 3.05) is 0 Å². The fourth-order valence-corrected chi connectivity index (χ4v) is 3.40. The van der Waals surface area contributed by atoms with Crippen LogP contribution >= 0.6 is 11.8 Å². The molecule has 0 unspecified atom stereocenters. The smallest absolute Gasteiger partial charge is 0.208 e. The van der Waals surface area contributed by atoms with Crippen LogP contribution in [0.1, 0.15) is 36.0 Å². The van der Waals surface area contributed by atoms with Gasteiger partial charge < -0.3 is 4.98 Å². The highest BCUT2D eigenvalue weighted by Gasteiger charge is 2.08. The molecule has 0 bridgehead atoms. The van der Waals surface area contributed by atoms with Gasteiger partial charge in [-0.3, -0.25) is 9.89 Å². The summed E-state index contributed by atoms with van der Waals surface area (Å²) in [5.74, 6) is 1.55. The first-order valence-corrected chi connectivity index (χ1v) is 8.72. The summed E-state index contributed by atoms with van der Waals surface area (Å²) in [5.41, 5.74) is 4.06. The van der Waals surface area contributed by atoms with E-state index in [1.807, 2.05) is 19.9 Å². The summed E-state index contributed by atoms with van der Waals surface area (Å²) in [4.78, 5) is 20.1. The first kappa shape index (κ1) is 15.8. The summed E-state index contributed by atoms with van der Waals surface area (Å²) in [6.45, 7) is 6.14. The molecule has 0 saturated heterocycles. The van der Waals surface area contributed by atoms with Crippen LogP contribution in [0.2, 0.25) is 0 Å². The van der Waals surface area contributed by atoms with Gasteiger partial charge in [-0.2, -0.15) is 0 Å². The van der Waals surface area contributed by atoms with Crippen LogP contribution in [0, 0.1) is 13.8 Å². The minimum Gasteiger partial charge on any atom is -0.357 e. The minimum atomic E-state index is 0.0582. The molecule has 0 spiro atoms. The second-order valence-electron chi connectivity index (χ2n) is 5.77. The average Bonchev–Trinajstić information content (AvgIpc) is 2.94. The van der Waals surface area contributed by atoms with Crippen molar-refractivity contribution >= 4 is 22.7 Å². The third-order valence-corrected chi connectivity index (χ3v) is 4.59. The van der Waals surface area contributed by atoms with Crippen LogP contribution < -0.4 is 5.43 Å². The van der Waals surface area contributed by atoms with E-state index < -0.39 is 0 Å². The Hall–Kier alpha value is -2.08. The molecule has 5 nitrogen and oxygen atoms in total. The number of benzene rings is 1. The number of aromatic amines is 2. The lowest BCUT2D eigenvalue weighted by Crippen LogP contribution is -2.06. The molecule has 0 aliphatic rings. The van der Waals surface area contributed by atoms with Crippen LogP contribution in [-0.4, -0.2) is 20.2 Å². The van der Waals surface area contributed by atoms with Crippen molar-refractivity contribution in [3.63, 3.8) is 0 Å². The zero-order valence-electron chi connectivity index (χ0n) is 13.6. The molecule has 120 valence electrons. The highest BCUT2D eigenvalue weighted by atomic mass is 32.2. The molecule has 3 rings (SSSR count). The molecule has 1 aromatic carbocycles. The van der Waals surface area contributed by atoms with Gasteiger partial charge in [0.15, 0.2) is 5.43 Å². The molecule has 0 amide bonds. The molecule has 0 fully saturated rings. The predicted molar refractivity (Wildman–Crippen MR) is 94.0 cm³/mol. The van der Waals surface area contributed by atoms with Crippen LogP contribution in [0.5, 0.6) is 0 Å². The maximum absolute atomic E-state index is 12.3. The number of aromatic nitrogens is 4. The fourth-order valence-electron chi connectivity index (χ4n) is 2.67. The Morgan fingerprint density at radius 2 is 2.04 bits per heavy atom. The van der Waals surface area contributed by atoms with Gasteiger partial charge in [-0.05, 0) is 37.5 Å². The summed E-state index contributed by atoms with van der Waals surface area (Å²) in [5, 5.41) is 8.61. The molecular weight excluding hydrogens is 308 g/mol. The number of fused-ring (bicyclic) bond motifs is 1. The Morgan fingerprint density at radius 1 is 1.22 bits per heavy atom. The van der Waals surface area contributed by atoms with Gasteiger partial charge in [0, 0.05) is 29.3 Å². The second kappa shape index (κ2) is 6.58. The van der Waals surface area contributed by atoms with Crippen LogP contribution in [0.3, 0.4) is 0 Å². The van der Waals surface area contributed by atoms with Crippen molar-refractivity contribution in [3.05, 3.63) is 51.1 Å². The van der Waals surface area contributed by atoms with Crippen molar-refractivity contribution in [1.29, 1.82) is 0 Å². The Kier molecular flexibility index (Phi) is 4.52. The molecular formula is C17H20N4OS. The molecule has 2 heterocycles. The lowest BCUT2D eigenvalue weighted by Gasteiger charge is -2.07. The highest BCUT2D eigenvalue weighted by molar-refractivity contribution is 7.98. The van der Waals surface area contributed by atoms with Gasteiger partial charge in [0.1, 0.15) is 5.82 Å². The van der Waals surface area contributed by atoms with E-state index in [2.05, 4.69) is 33.2 Å². The second-order valence-corrected chi connectivity index (χ2v) is 6.71. The number of rotatable bonds is 5. The number of pyridine rings is 1. The minimum absolute atomic E-state index is 0.0582. The van der Waals surface area contributed by atoms with E-state index in [4.69, 9.17) is 0 Å². The summed E-state index contributed by atoms with van der Waals surface area (Å²) < 4.78 is 0. The van der Waals surface area contributed by atoms with Crippen LogP contribution in [0.4, 0.5) is 0 Å².